The molecule has 0 atom stereocenters. The van der Waals surface area contributed by atoms with Crippen molar-refractivity contribution >= 4 is 17.9 Å². The Bertz CT molecular complexity index is 538. The first kappa shape index (κ1) is 13.6. The molecule has 2 aromatic carbocycles. The van der Waals surface area contributed by atoms with Crippen LogP contribution in [0, 0.1) is 0 Å². The van der Waals surface area contributed by atoms with Gasteiger partial charge in [-0.1, -0.05) is 48.0 Å². The second kappa shape index (κ2) is 6.95. The molecular weight excluding hydrogens is 260 g/mol. The summed E-state index contributed by atoms with van der Waals surface area (Å²) in [5.74, 6) is 0.551. The Morgan fingerprint density at radius 1 is 1.05 bits per heavy atom. The van der Waals surface area contributed by atoms with Crippen LogP contribution in [0.4, 0.5) is 0 Å². The number of hydrogen-bond acceptors (Lipinski definition) is 2. The molecule has 19 heavy (non-hydrogen) atoms. The lowest BCUT2D eigenvalue weighted by atomic mass is 10.1. The average molecular weight is 275 g/mol. The highest BCUT2D eigenvalue weighted by molar-refractivity contribution is 6.33. The minimum atomic E-state index is 0.420. The molecule has 0 aromatic heterocycles. The molecule has 0 aliphatic carbocycles. The zero-order valence-electron chi connectivity index (χ0n) is 10.5. The van der Waals surface area contributed by atoms with Gasteiger partial charge in [0.15, 0.2) is 6.29 Å². The number of halogens is 1. The van der Waals surface area contributed by atoms with E-state index in [4.69, 9.17) is 16.3 Å². The molecule has 0 amide bonds. The van der Waals surface area contributed by atoms with Crippen LogP contribution in [0.25, 0.3) is 0 Å². The molecule has 3 heteroatoms. The molecule has 0 N–H and O–H groups in total. The van der Waals surface area contributed by atoms with E-state index in [9.17, 15) is 4.79 Å². The predicted molar refractivity (Wildman–Crippen MR) is 77.1 cm³/mol. The van der Waals surface area contributed by atoms with Gasteiger partial charge in [-0.05, 0) is 30.5 Å². The lowest BCUT2D eigenvalue weighted by molar-refractivity contribution is 0.111. The monoisotopic (exact) mass is 274 g/mol. The van der Waals surface area contributed by atoms with Crippen molar-refractivity contribution in [3.63, 3.8) is 0 Å². The number of benzene rings is 2. The number of aryl methyl sites for hydroxylation is 1. The first-order valence-electron chi connectivity index (χ1n) is 6.21. The van der Waals surface area contributed by atoms with Gasteiger partial charge in [0.05, 0.1) is 17.2 Å². The summed E-state index contributed by atoms with van der Waals surface area (Å²) in [7, 11) is 0. The molecular formula is C16H15ClO2. The molecule has 2 aromatic rings. The first-order valence-corrected chi connectivity index (χ1v) is 6.59. The van der Waals surface area contributed by atoms with Crippen molar-refractivity contribution in [2.24, 2.45) is 0 Å². The van der Waals surface area contributed by atoms with E-state index in [0.29, 0.717) is 22.9 Å². The van der Waals surface area contributed by atoms with Crippen LogP contribution < -0.4 is 4.74 Å². The molecule has 2 rings (SSSR count). The van der Waals surface area contributed by atoms with Crippen LogP contribution in [0.3, 0.4) is 0 Å². The lowest BCUT2D eigenvalue weighted by Crippen LogP contribution is -2.01. The zero-order chi connectivity index (χ0) is 13.5. The first-order chi connectivity index (χ1) is 9.31. The van der Waals surface area contributed by atoms with Crippen LogP contribution in [0.2, 0.25) is 5.02 Å². The minimum absolute atomic E-state index is 0.420. The smallest absolute Gasteiger partial charge is 0.155 e. The average Bonchev–Trinajstić information content (AvgIpc) is 2.45. The van der Waals surface area contributed by atoms with Crippen molar-refractivity contribution < 1.29 is 9.53 Å². The number of carbonyl (C=O) groups is 1. The van der Waals surface area contributed by atoms with Gasteiger partial charge in [-0.15, -0.1) is 0 Å². The van der Waals surface area contributed by atoms with E-state index in [0.717, 1.165) is 19.1 Å². The van der Waals surface area contributed by atoms with Gasteiger partial charge in [0.25, 0.3) is 0 Å². The second-order valence-corrected chi connectivity index (χ2v) is 4.61. The lowest BCUT2D eigenvalue weighted by Gasteiger charge is -2.09. The summed E-state index contributed by atoms with van der Waals surface area (Å²) in [5.41, 5.74) is 1.71. The van der Waals surface area contributed by atoms with Gasteiger partial charge in [-0.3, -0.25) is 4.79 Å². The summed E-state index contributed by atoms with van der Waals surface area (Å²) in [5, 5.41) is 0.426. The van der Waals surface area contributed by atoms with E-state index in [1.54, 1.807) is 18.2 Å². The maximum Gasteiger partial charge on any atom is 0.155 e. The number of hydrogen-bond donors (Lipinski definition) is 0. The van der Waals surface area contributed by atoms with E-state index in [1.807, 2.05) is 18.2 Å². The highest BCUT2D eigenvalue weighted by Gasteiger charge is 2.06. The molecule has 0 aliphatic rings. The Kier molecular flexibility index (Phi) is 4.99. The molecule has 0 fully saturated rings. The highest BCUT2D eigenvalue weighted by Crippen LogP contribution is 2.24. The predicted octanol–water partition coefficient (Wildman–Crippen LogP) is 4.16. The van der Waals surface area contributed by atoms with Crippen LogP contribution in [-0.2, 0) is 6.42 Å². The third-order valence-corrected chi connectivity index (χ3v) is 3.17. The van der Waals surface area contributed by atoms with E-state index in [1.165, 1.54) is 5.56 Å². The van der Waals surface area contributed by atoms with E-state index in [2.05, 4.69) is 12.1 Å². The van der Waals surface area contributed by atoms with Crippen LogP contribution >= 0.6 is 11.6 Å². The Balaban J connectivity index is 1.86. The number of carbonyl (C=O) groups excluding carboxylic acids is 1. The molecule has 0 bridgehead atoms. The van der Waals surface area contributed by atoms with Gasteiger partial charge in [-0.25, -0.2) is 0 Å². The Morgan fingerprint density at radius 3 is 2.58 bits per heavy atom. The fourth-order valence-corrected chi connectivity index (χ4v) is 2.07. The van der Waals surface area contributed by atoms with Crippen LogP contribution in [0.1, 0.15) is 22.3 Å². The van der Waals surface area contributed by atoms with Crippen LogP contribution in [-0.4, -0.2) is 12.9 Å². The second-order valence-electron chi connectivity index (χ2n) is 4.21. The molecule has 98 valence electrons. The highest BCUT2D eigenvalue weighted by atomic mass is 35.5. The van der Waals surface area contributed by atoms with E-state index < -0.39 is 0 Å². The van der Waals surface area contributed by atoms with Crippen LogP contribution in [0.15, 0.2) is 48.5 Å². The number of rotatable bonds is 6. The third-order valence-electron chi connectivity index (χ3n) is 2.84. The van der Waals surface area contributed by atoms with Gasteiger partial charge in [0.2, 0.25) is 0 Å². The van der Waals surface area contributed by atoms with Gasteiger partial charge >= 0.3 is 0 Å². The topological polar surface area (TPSA) is 26.3 Å². The Hall–Kier alpha value is -1.80. The van der Waals surface area contributed by atoms with Crippen molar-refractivity contribution in [1.29, 1.82) is 0 Å². The van der Waals surface area contributed by atoms with Crippen LogP contribution in [0.5, 0.6) is 5.75 Å². The van der Waals surface area contributed by atoms with Gasteiger partial charge < -0.3 is 4.74 Å². The van der Waals surface area contributed by atoms with Gasteiger partial charge in [0, 0.05) is 0 Å². The van der Waals surface area contributed by atoms with Crippen molar-refractivity contribution in [2.45, 2.75) is 12.8 Å². The molecule has 0 radical (unpaired) electrons. The van der Waals surface area contributed by atoms with Crippen molar-refractivity contribution in [1.82, 2.24) is 0 Å². The van der Waals surface area contributed by atoms with Gasteiger partial charge in [-0.2, -0.15) is 0 Å². The van der Waals surface area contributed by atoms with E-state index >= 15 is 0 Å². The fourth-order valence-electron chi connectivity index (χ4n) is 1.86. The van der Waals surface area contributed by atoms with Gasteiger partial charge in [0.1, 0.15) is 5.75 Å². The number of ether oxygens (including phenoxy) is 1. The largest absolute Gasteiger partial charge is 0.493 e. The molecule has 2 nitrogen and oxygen atoms in total. The Labute approximate surface area is 118 Å². The minimum Gasteiger partial charge on any atom is -0.493 e. The quantitative estimate of drug-likeness (QED) is 0.584. The molecule has 0 heterocycles. The maximum absolute atomic E-state index is 10.9. The third kappa shape index (κ3) is 3.83. The summed E-state index contributed by atoms with van der Waals surface area (Å²) < 4.78 is 5.61. The maximum atomic E-state index is 10.9. The van der Waals surface area contributed by atoms with Crippen molar-refractivity contribution in [3.8, 4) is 5.75 Å². The van der Waals surface area contributed by atoms with Crippen molar-refractivity contribution in [2.75, 3.05) is 6.61 Å². The summed E-state index contributed by atoms with van der Waals surface area (Å²) in [6, 6.07) is 15.5. The van der Waals surface area contributed by atoms with Crippen molar-refractivity contribution in [3.05, 3.63) is 64.7 Å². The summed E-state index contributed by atoms with van der Waals surface area (Å²) in [6.07, 6.45) is 2.58. The summed E-state index contributed by atoms with van der Waals surface area (Å²) in [4.78, 5) is 10.9. The molecule has 0 aliphatic heterocycles. The molecule has 0 saturated heterocycles. The number of aldehydes is 1. The standard InChI is InChI=1S/C16H15ClO2/c17-15-9-4-10-16(14(15)12-18)19-11-5-8-13-6-2-1-3-7-13/h1-4,6-7,9-10,12H,5,8,11H2. The van der Waals surface area contributed by atoms with E-state index in [-0.39, 0.29) is 0 Å². The molecule has 0 saturated carbocycles. The molecule has 0 unspecified atom stereocenters. The fraction of sp³-hybridized carbons (Fsp3) is 0.188. The zero-order valence-corrected chi connectivity index (χ0v) is 11.3. The Morgan fingerprint density at radius 2 is 1.84 bits per heavy atom. The normalized spacial score (nSPS) is 10.2. The SMILES string of the molecule is O=Cc1c(Cl)cccc1OCCCc1ccccc1. The molecule has 0 spiro atoms. The summed E-state index contributed by atoms with van der Waals surface area (Å²) >= 11 is 5.93. The summed E-state index contributed by atoms with van der Waals surface area (Å²) in [6.45, 7) is 0.566.